The van der Waals surface area contributed by atoms with Crippen molar-refractivity contribution >= 4 is 58.4 Å². The largest absolute Gasteiger partial charge is 0.354 e. The Kier molecular flexibility index (Phi) is 11.2. The summed E-state index contributed by atoms with van der Waals surface area (Å²) in [5.74, 6) is 0.987. The molecule has 32 heavy (non-hydrogen) atoms. The Balaban J connectivity index is 2.15. The molecule has 174 valence electrons. The number of rotatable bonds is 11. The molecule has 0 radical (unpaired) electrons. The van der Waals surface area contributed by atoms with Crippen LogP contribution in [0.2, 0.25) is 15.1 Å². The maximum atomic E-state index is 13.2. The number of thioether (sulfide) groups is 1. The third-order valence-corrected chi connectivity index (χ3v) is 6.66. The Morgan fingerprint density at radius 2 is 1.69 bits per heavy atom. The van der Waals surface area contributed by atoms with Crippen LogP contribution in [-0.4, -0.2) is 35.1 Å². The minimum absolute atomic E-state index is 0.110. The highest BCUT2D eigenvalue weighted by Crippen LogP contribution is 2.24. The van der Waals surface area contributed by atoms with Crippen LogP contribution >= 0.6 is 46.6 Å². The highest BCUT2D eigenvalue weighted by molar-refractivity contribution is 7.99. The van der Waals surface area contributed by atoms with E-state index in [1.165, 1.54) is 11.8 Å². The Morgan fingerprint density at radius 1 is 1.03 bits per heavy atom. The van der Waals surface area contributed by atoms with Gasteiger partial charge in [-0.1, -0.05) is 73.8 Å². The number of nitrogens with zero attached hydrogens (tertiary/aromatic N) is 1. The number of amides is 2. The summed E-state index contributed by atoms with van der Waals surface area (Å²) in [4.78, 5) is 27.8. The van der Waals surface area contributed by atoms with Crippen molar-refractivity contribution in [3.8, 4) is 0 Å². The molecule has 1 N–H and O–H groups in total. The van der Waals surface area contributed by atoms with Crippen LogP contribution in [0.5, 0.6) is 0 Å². The van der Waals surface area contributed by atoms with Gasteiger partial charge in [-0.3, -0.25) is 9.59 Å². The summed E-state index contributed by atoms with van der Waals surface area (Å²) in [6, 6.07) is 12.2. The third-order valence-electron chi connectivity index (χ3n) is 4.83. The fraction of sp³-hybridized carbons (Fsp3) is 0.417. The van der Waals surface area contributed by atoms with E-state index in [9.17, 15) is 9.59 Å². The van der Waals surface area contributed by atoms with Crippen molar-refractivity contribution in [2.75, 3.05) is 12.3 Å². The summed E-state index contributed by atoms with van der Waals surface area (Å²) in [5.41, 5.74) is 1.84. The van der Waals surface area contributed by atoms with Gasteiger partial charge in [0.05, 0.1) is 5.75 Å². The number of hydrogen-bond donors (Lipinski definition) is 1. The molecule has 1 atom stereocenters. The molecule has 0 aromatic heterocycles. The SMILES string of the molecule is CC[C@H](C(=O)NCC(C)C)N(Cc1ccc(Cl)cc1Cl)C(=O)CSCc1ccc(Cl)cc1. The number of hydrogen-bond acceptors (Lipinski definition) is 3. The van der Waals surface area contributed by atoms with Crippen molar-refractivity contribution in [3.63, 3.8) is 0 Å². The molecule has 0 saturated carbocycles. The Labute approximate surface area is 210 Å². The maximum Gasteiger partial charge on any atom is 0.242 e. The van der Waals surface area contributed by atoms with Crippen molar-refractivity contribution in [3.05, 3.63) is 68.7 Å². The smallest absolute Gasteiger partial charge is 0.242 e. The molecule has 2 aromatic carbocycles. The Morgan fingerprint density at radius 3 is 2.28 bits per heavy atom. The van der Waals surface area contributed by atoms with Crippen LogP contribution in [-0.2, 0) is 21.9 Å². The molecule has 0 unspecified atom stereocenters. The fourth-order valence-electron chi connectivity index (χ4n) is 3.10. The molecule has 0 fully saturated rings. The van der Waals surface area contributed by atoms with Gasteiger partial charge in [-0.05, 0) is 47.7 Å². The van der Waals surface area contributed by atoms with Crippen LogP contribution < -0.4 is 5.32 Å². The van der Waals surface area contributed by atoms with E-state index in [1.54, 1.807) is 23.1 Å². The molecule has 0 aliphatic carbocycles. The zero-order valence-electron chi connectivity index (χ0n) is 18.5. The average molecular weight is 516 g/mol. The quantitative estimate of drug-likeness (QED) is 0.373. The van der Waals surface area contributed by atoms with Gasteiger partial charge in [0.1, 0.15) is 6.04 Å². The first-order chi connectivity index (χ1) is 15.2. The van der Waals surface area contributed by atoms with Gasteiger partial charge in [-0.2, -0.15) is 0 Å². The lowest BCUT2D eigenvalue weighted by Gasteiger charge is -2.31. The zero-order chi connectivity index (χ0) is 23.7. The number of benzene rings is 2. The van der Waals surface area contributed by atoms with E-state index in [4.69, 9.17) is 34.8 Å². The zero-order valence-corrected chi connectivity index (χ0v) is 21.6. The molecule has 0 heterocycles. The molecule has 2 aromatic rings. The Bertz CT molecular complexity index is 907. The monoisotopic (exact) mass is 514 g/mol. The summed E-state index contributed by atoms with van der Waals surface area (Å²) < 4.78 is 0. The molecule has 0 spiro atoms. The minimum atomic E-state index is -0.580. The van der Waals surface area contributed by atoms with Crippen molar-refractivity contribution in [2.45, 2.75) is 45.5 Å². The molecular weight excluding hydrogens is 487 g/mol. The van der Waals surface area contributed by atoms with Crippen LogP contribution in [0.4, 0.5) is 0 Å². The molecular formula is C24H29Cl3N2O2S. The first-order valence-electron chi connectivity index (χ1n) is 10.5. The second-order valence-corrected chi connectivity index (χ2v) is 10.2. The molecule has 0 bridgehead atoms. The third kappa shape index (κ3) is 8.51. The minimum Gasteiger partial charge on any atom is -0.354 e. The van der Waals surface area contributed by atoms with Crippen molar-refractivity contribution in [1.82, 2.24) is 10.2 Å². The van der Waals surface area contributed by atoms with E-state index in [-0.39, 0.29) is 24.1 Å². The van der Waals surface area contributed by atoms with Crippen LogP contribution in [0.3, 0.4) is 0 Å². The number of carbonyl (C=O) groups is 2. The normalized spacial score (nSPS) is 12.0. The highest BCUT2D eigenvalue weighted by Gasteiger charge is 2.29. The molecule has 0 aliphatic heterocycles. The number of halogens is 3. The summed E-state index contributed by atoms with van der Waals surface area (Å²) in [6.07, 6.45) is 0.503. The van der Waals surface area contributed by atoms with E-state index in [2.05, 4.69) is 5.32 Å². The van der Waals surface area contributed by atoms with Gasteiger partial charge < -0.3 is 10.2 Å². The van der Waals surface area contributed by atoms with Gasteiger partial charge in [-0.25, -0.2) is 0 Å². The topological polar surface area (TPSA) is 49.4 Å². The van der Waals surface area contributed by atoms with Crippen molar-refractivity contribution in [1.29, 1.82) is 0 Å². The Hall–Kier alpha value is -1.40. The second-order valence-electron chi connectivity index (χ2n) is 7.94. The lowest BCUT2D eigenvalue weighted by atomic mass is 10.1. The summed E-state index contributed by atoms with van der Waals surface area (Å²) >= 11 is 19.8. The predicted molar refractivity (Wildman–Crippen MR) is 137 cm³/mol. The van der Waals surface area contributed by atoms with Gasteiger partial charge in [0.25, 0.3) is 0 Å². The van der Waals surface area contributed by atoms with Crippen LogP contribution in [0.1, 0.15) is 38.3 Å². The average Bonchev–Trinajstić information content (AvgIpc) is 2.74. The van der Waals surface area contributed by atoms with Gasteiger partial charge >= 0.3 is 0 Å². The van der Waals surface area contributed by atoms with Crippen LogP contribution in [0, 0.1) is 5.92 Å². The van der Waals surface area contributed by atoms with Crippen LogP contribution in [0.25, 0.3) is 0 Å². The van der Waals surface area contributed by atoms with E-state index >= 15 is 0 Å². The van der Waals surface area contributed by atoms with Crippen molar-refractivity contribution < 1.29 is 9.59 Å². The molecule has 8 heteroatoms. The molecule has 0 saturated heterocycles. The number of nitrogens with one attached hydrogen (secondary N) is 1. The van der Waals surface area contributed by atoms with Gasteiger partial charge in [0.2, 0.25) is 11.8 Å². The lowest BCUT2D eigenvalue weighted by molar-refractivity contribution is -0.139. The molecule has 2 amide bonds. The van der Waals surface area contributed by atoms with Gasteiger partial charge in [0, 0.05) is 33.9 Å². The summed E-state index contributed by atoms with van der Waals surface area (Å²) in [6.45, 7) is 6.77. The standard InChI is InChI=1S/C24H29Cl3N2O2S/c1-4-22(24(31)28-12-16(2)3)29(13-18-7-10-20(26)11-21(18)27)23(30)15-32-14-17-5-8-19(25)9-6-17/h5-11,16,22H,4,12-15H2,1-3H3,(H,28,31)/t22-/m1/s1. The van der Waals surface area contributed by atoms with E-state index in [1.807, 2.05) is 45.0 Å². The number of carbonyl (C=O) groups excluding carboxylic acids is 2. The second kappa shape index (κ2) is 13.3. The van der Waals surface area contributed by atoms with E-state index in [0.29, 0.717) is 39.7 Å². The molecule has 2 rings (SSSR count). The van der Waals surface area contributed by atoms with Gasteiger partial charge in [-0.15, -0.1) is 11.8 Å². The summed E-state index contributed by atoms with van der Waals surface area (Å²) in [5, 5.41) is 4.64. The van der Waals surface area contributed by atoms with Gasteiger partial charge in [0.15, 0.2) is 0 Å². The van der Waals surface area contributed by atoms with E-state index in [0.717, 1.165) is 11.1 Å². The molecule has 0 aliphatic rings. The predicted octanol–water partition coefficient (Wildman–Crippen LogP) is 6.46. The maximum absolute atomic E-state index is 13.2. The van der Waals surface area contributed by atoms with Crippen LogP contribution in [0.15, 0.2) is 42.5 Å². The lowest BCUT2D eigenvalue weighted by Crippen LogP contribution is -2.50. The van der Waals surface area contributed by atoms with E-state index < -0.39 is 6.04 Å². The first kappa shape index (κ1) is 26.8. The molecule has 4 nitrogen and oxygen atoms in total. The van der Waals surface area contributed by atoms with Crippen molar-refractivity contribution in [2.24, 2.45) is 5.92 Å². The first-order valence-corrected chi connectivity index (χ1v) is 12.8. The fourth-order valence-corrected chi connectivity index (χ4v) is 4.56. The highest BCUT2D eigenvalue weighted by atomic mass is 35.5. The summed E-state index contributed by atoms with van der Waals surface area (Å²) in [7, 11) is 0.